The molecule has 1 aromatic rings. The number of amides is 5. The van der Waals surface area contributed by atoms with Crippen LogP contribution in [0.4, 0.5) is 10.6 Å². The maximum absolute atomic E-state index is 12.6. The number of aromatic nitrogens is 1. The van der Waals surface area contributed by atoms with Gasteiger partial charge >= 0.3 is 17.8 Å². The van der Waals surface area contributed by atoms with Crippen molar-refractivity contribution in [3.63, 3.8) is 0 Å². The van der Waals surface area contributed by atoms with Crippen molar-refractivity contribution in [2.45, 2.75) is 45.6 Å². The van der Waals surface area contributed by atoms with E-state index in [4.69, 9.17) is 4.52 Å². The fourth-order valence-electron chi connectivity index (χ4n) is 3.39. The third kappa shape index (κ3) is 3.26. The Hall–Kier alpha value is -2.71. The predicted molar refractivity (Wildman–Crippen MR) is 85.2 cm³/mol. The molecular formula is C16H20N4O5. The number of carbonyl (C=O) groups is 4. The molecule has 2 heterocycles. The van der Waals surface area contributed by atoms with Gasteiger partial charge in [0.1, 0.15) is 12.3 Å². The van der Waals surface area contributed by atoms with Crippen LogP contribution >= 0.6 is 0 Å². The minimum Gasteiger partial charge on any atom is -0.360 e. The molecule has 0 unspecified atom stereocenters. The molecule has 2 aliphatic rings. The van der Waals surface area contributed by atoms with Crippen molar-refractivity contribution in [3.8, 4) is 0 Å². The van der Waals surface area contributed by atoms with Gasteiger partial charge in [0.15, 0.2) is 5.82 Å². The zero-order valence-electron chi connectivity index (χ0n) is 14.2. The normalized spacial score (nSPS) is 24.2. The molecule has 9 nitrogen and oxygen atoms in total. The van der Waals surface area contributed by atoms with Gasteiger partial charge in [-0.2, -0.15) is 0 Å². The summed E-state index contributed by atoms with van der Waals surface area (Å²) < 4.78 is 4.83. The van der Waals surface area contributed by atoms with Crippen LogP contribution in [0.1, 0.15) is 38.4 Å². The van der Waals surface area contributed by atoms with E-state index in [-0.39, 0.29) is 17.8 Å². The molecule has 9 heteroatoms. The molecule has 1 aliphatic carbocycles. The molecule has 2 fully saturated rings. The average molecular weight is 348 g/mol. The summed E-state index contributed by atoms with van der Waals surface area (Å²) in [6.45, 7) is 3.10. The first-order valence-electron chi connectivity index (χ1n) is 8.30. The van der Waals surface area contributed by atoms with Gasteiger partial charge in [-0.1, -0.05) is 24.9 Å². The third-order valence-electron chi connectivity index (χ3n) is 4.68. The molecular weight excluding hydrogens is 328 g/mol. The number of urea groups is 1. The first kappa shape index (κ1) is 17.1. The van der Waals surface area contributed by atoms with Crippen LogP contribution in [-0.4, -0.2) is 51.3 Å². The molecule has 2 atom stereocenters. The number of nitrogens with zero attached hydrogens (tertiary/aromatic N) is 3. The fraction of sp³-hybridized carbons (Fsp3) is 0.562. The van der Waals surface area contributed by atoms with Crippen molar-refractivity contribution in [1.82, 2.24) is 15.0 Å². The first-order valence-corrected chi connectivity index (χ1v) is 8.30. The molecule has 1 N–H and O–H groups in total. The van der Waals surface area contributed by atoms with Crippen LogP contribution < -0.4 is 5.32 Å². The monoisotopic (exact) mass is 348 g/mol. The Morgan fingerprint density at radius 1 is 1.28 bits per heavy atom. The topological polar surface area (TPSA) is 113 Å². The molecule has 1 aromatic heterocycles. The molecule has 1 saturated carbocycles. The van der Waals surface area contributed by atoms with Gasteiger partial charge in [-0.3, -0.25) is 19.3 Å². The lowest BCUT2D eigenvalue weighted by atomic mass is 9.85. The van der Waals surface area contributed by atoms with E-state index in [1.165, 1.54) is 6.07 Å². The standard InChI is InChI=1S/C16H20N4O5/c1-9-5-3-4-6-11(9)20-15(23)14(22)19(16(20)24)8-13(21)17-12-7-10(2)25-18-12/h7,9,11H,3-6,8H2,1-2H3,(H,17,18,21)/t9-,11-/m0/s1. The third-order valence-corrected chi connectivity index (χ3v) is 4.68. The average Bonchev–Trinajstić information content (AvgIpc) is 3.06. The highest BCUT2D eigenvalue weighted by Crippen LogP contribution is 2.31. The largest absolute Gasteiger partial charge is 0.360 e. The number of anilines is 1. The number of nitrogens with one attached hydrogen (secondary N) is 1. The van der Waals surface area contributed by atoms with E-state index >= 15 is 0 Å². The second-order valence-corrected chi connectivity index (χ2v) is 6.55. The molecule has 0 radical (unpaired) electrons. The lowest BCUT2D eigenvalue weighted by Crippen LogP contribution is -2.46. The van der Waals surface area contributed by atoms with Crippen molar-refractivity contribution >= 4 is 29.6 Å². The SMILES string of the molecule is Cc1cc(NC(=O)CN2C(=O)C(=O)N([C@H]3CCCC[C@@H]3C)C2=O)no1. The van der Waals surface area contributed by atoms with Crippen molar-refractivity contribution < 1.29 is 23.7 Å². The molecule has 25 heavy (non-hydrogen) atoms. The van der Waals surface area contributed by atoms with Gasteiger partial charge in [-0.25, -0.2) is 9.69 Å². The molecule has 1 saturated heterocycles. The van der Waals surface area contributed by atoms with Gasteiger partial charge in [0.25, 0.3) is 0 Å². The highest BCUT2D eigenvalue weighted by Gasteiger charge is 2.49. The van der Waals surface area contributed by atoms with Crippen molar-refractivity contribution in [1.29, 1.82) is 0 Å². The van der Waals surface area contributed by atoms with Gasteiger partial charge in [0.2, 0.25) is 5.91 Å². The summed E-state index contributed by atoms with van der Waals surface area (Å²) in [5, 5.41) is 6.04. The highest BCUT2D eigenvalue weighted by molar-refractivity contribution is 6.45. The Balaban J connectivity index is 1.69. The Morgan fingerprint density at radius 2 is 2.00 bits per heavy atom. The smallest absolute Gasteiger partial charge is 0.334 e. The number of carbonyl (C=O) groups excluding carboxylic acids is 4. The number of aryl methyl sites for hydroxylation is 1. The van der Waals surface area contributed by atoms with Crippen molar-refractivity contribution in [2.75, 3.05) is 11.9 Å². The molecule has 0 aromatic carbocycles. The maximum Gasteiger partial charge on any atom is 0.334 e. The number of hydrogen-bond donors (Lipinski definition) is 1. The number of imide groups is 2. The van der Waals surface area contributed by atoms with E-state index < -0.39 is 30.3 Å². The minimum absolute atomic E-state index is 0.140. The van der Waals surface area contributed by atoms with Crippen LogP contribution in [0.15, 0.2) is 10.6 Å². The van der Waals surface area contributed by atoms with E-state index in [2.05, 4.69) is 10.5 Å². The Bertz CT molecular complexity index is 728. The predicted octanol–water partition coefficient (Wildman–Crippen LogP) is 1.29. The fourth-order valence-corrected chi connectivity index (χ4v) is 3.39. The van der Waals surface area contributed by atoms with E-state index in [1.807, 2.05) is 6.92 Å². The van der Waals surface area contributed by atoms with Gasteiger partial charge in [0, 0.05) is 12.1 Å². The molecule has 5 amide bonds. The summed E-state index contributed by atoms with van der Waals surface area (Å²) in [5.41, 5.74) is 0. The van der Waals surface area contributed by atoms with Gasteiger partial charge in [-0.05, 0) is 25.7 Å². The highest BCUT2D eigenvalue weighted by atomic mass is 16.5. The van der Waals surface area contributed by atoms with Gasteiger partial charge < -0.3 is 9.84 Å². The first-order chi connectivity index (χ1) is 11.9. The summed E-state index contributed by atoms with van der Waals surface area (Å²) in [7, 11) is 0. The molecule has 3 rings (SSSR count). The Labute approximate surface area is 144 Å². The van der Waals surface area contributed by atoms with Crippen molar-refractivity contribution in [2.24, 2.45) is 5.92 Å². The molecule has 0 bridgehead atoms. The Morgan fingerprint density at radius 3 is 2.64 bits per heavy atom. The van der Waals surface area contributed by atoms with Crippen LogP contribution in [0.25, 0.3) is 0 Å². The van der Waals surface area contributed by atoms with Gasteiger partial charge in [-0.15, -0.1) is 0 Å². The lowest BCUT2D eigenvalue weighted by Gasteiger charge is -2.34. The van der Waals surface area contributed by atoms with Crippen LogP contribution in [0.3, 0.4) is 0 Å². The zero-order chi connectivity index (χ0) is 18.1. The van der Waals surface area contributed by atoms with Crippen LogP contribution in [0.5, 0.6) is 0 Å². The second-order valence-electron chi connectivity index (χ2n) is 6.55. The van der Waals surface area contributed by atoms with E-state index in [0.29, 0.717) is 17.1 Å². The van der Waals surface area contributed by atoms with Crippen LogP contribution in [-0.2, 0) is 14.4 Å². The van der Waals surface area contributed by atoms with Gasteiger partial charge in [0.05, 0.1) is 0 Å². The van der Waals surface area contributed by atoms with Crippen LogP contribution in [0.2, 0.25) is 0 Å². The molecule has 1 aliphatic heterocycles. The van der Waals surface area contributed by atoms with E-state index in [9.17, 15) is 19.2 Å². The molecule has 0 spiro atoms. The Kier molecular flexibility index (Phi) is 4.56. The van der Waals surface area contributed by atoms with E-state index in [1.54, 1.807) is 6.92 Å². The van der Waals surface area contributed by atoms with E-state index in [0.717, 1.165) is 24.2 Å². The summed E-state index contributed by atoms with van der Waals surface area (Å²) in [5.74, 6) is -1.60. The summed E-state index contributed by atoms with van der Waals surface area (Å²) >= 11 is 0. The number of hydrogen-bond acceptors (Lipinski definition) is 6. The maximum atomic E-state index is 12.6. The second kappa shape index (κ2) is 6.66. The van der Waals surface area contributed by atoms with Crippen molar-refractivity contribution in [3.05, 3.63) is 11.8 Å². The van der Waals surface area contributed by atoms with Crippen LogP contribution in [0, 0.1) is 12.8 Å². The minimum atomic E-state index is -0.964. The lowest BCUT2D eigenvalue weighted by molar-refractivity contribution is -0.145. The number of rotatable bonds is 4. The zero-order valence-corrected chi connectivity index (χ0v) is 14.2. The molecule has 134 valence electrons. The summed E-state index contributed by atoms with van der Waals surface area (Å²) in [6, 6.07) is 0.497. The summed E-state index contributed by atoms with van der Waals surface area (Å²) in [6.07, 6.45) is 3.55. The summed E-state index contributed by atoms with van der Waals surface area (Å²) in [4.78, 5) is 50.8. The quantitative estimate of drug-likeness (QED) is 0.648.